The van der Waals surface area contributed by atoms with Crippen LogP contribution >= 0.6 is 12.2 Å². The fourth-order valence-electron chi connectivity index (χ4n) is 2.29. The lowest BCUT2D eigenvalue weighted by Gasteiger charge is -2.09. The zero-order valence-corrected chi connectivity index (χ0v) is 12.8. The van der Waals surface area contributed by atoms with Crippen molar-refractivity contribution in [2.45, 2.75) is 6.92 Å². The third-order valence-electron chi connectivity index (χ3n) is 3.45. The van der Waals surface area contributed by atoms with Crippen LogP contribution in [0.25, 0.3) is 16.9 Å². The molecule has 21 heavy (non-hydrogen) atoms. The lowest BCUT2D eigenvalue weighted by atomic mass is 10.1. The van der Waals surface area contributed by atoms with E-state index in [9.17, 15) is 0 Å². The molecule has 3 rings (SSSR count). The second-order valence-corrected chi connectivity index (χ2v) is 5.27. The standard InChI is InChI=1S/C17H16N2OS/c1-12-3-7-14(8-4-12)19-16(11-18-17(19)21)13-5-9-15(20-2)10-6-13/h3-11H,1-2H3,(H,18,21). The van der Waals surface area contributed by atoms with Crippen LogP contribution < -0.4 is 4.74 Å². The van der Waals surface area contributed by atoms with Gasteiger partial charge in [-0.15, -0.1) is 0 Å². The summed E-state index contributed by atoms with van der Waals surface area (Å²) in [5.41, 5.74) is 4.40. The number of methoxy groups -OCH3 is 1. The minimum atomic E-state index is 0.685. The normalized spacial score (nSPS) is 10.6. The Bertz CT molecular complexity index is 798. The first-order valence-electron chi connectivity index (χ1n) is 6.71. The molecule has 0 fully saturated rings. The van der Waals surface area contributed by atoms with Crippen LogP contribution in [0, 0.1) is 11.7 Å². The molecule has 1 heterocycles. The van der Waals surface area contributed by atoms with E-state index in [0.717, 1.165) is 22.7 Å². The van der Waals surface area contributed by atoms with Crippen molar-refractivity contribution in [1.29, 1.82) is 0 Å². The Morgan fingerprint density at radius 1 is 1.00 bits per heavy atom. The van der Waals surface area contributed by atoms with Crippen LogP contribution in [0.5, 0.6) is 5.75 Å². The predicted octanol–water partition coefficient (Wildman–Crippen LogP) is 4.52. The Hall–Kier alpha value is -2.33. The van der Waals surface area contributed by atoms with Gasteiger partial charge >= 0.3 is 0 Å². The van der Waals surface area contributed by atoms with Crippen LogP contribution in [0.2, 0.25) is 0 Å². The number of aromatic amines is 1. The fraction of sp³-hybridized carbons (Fsp3) is 0.118. The molecule has 0 aliphatic rings. The minimum absolute atomic E-state index is 0.685. The summed E-state index contributed by atoms with van der Waals surface area (Å²) in [5, 5.41) is 0. The summed E-state index contributed by atoms with van der Waals surface area (Å²) < 4.78 is 7.93. The molecule has 0 radical (unpaired) electrons. The van der Waals surface area contributed by atoms with Crippen molar-refractivity contribution < 1.29 is 4.74 Å². The van der Waals surface area contributed by atoms with Gasteiger partial charge < -0.3 is 9.72 Å². The lowest BCUT2D eigenvalue weighted by Crippen LogP contribution is -1.97. The molecule has 3 nitrogen and oxygen atoms in total. The molecular weight excluding hydrogens is 280 g/mol. The molecule has 1 N–H and O–H groups in total. The van der Waals surface area contributed by atoms with Crippen molar-refractivity contribution in [3.8, 4) is 22.7 Å². The number of benzene rings is 2. The molecule has 3 aromatic rings. The molecule has 0 bridgehead atoms. The van der Waals surface area contributed by atoms with Crippen LogP contribution in [0.1, 0.15) is 5.56 Å². The van der Waals surface area contributed by atoms with E-state index in [1.54, 1.807) is 7.11 Å². The quantitative estimate of drug-likeness (QED) is 0.720. The van der Waals surface area contributed by atoms with Gasteiger partial charge in [-0.3, -0.25) is 4.57 Å². The highest BCUT2D eigenvalue weighted by Gasteiger charge is 2.08. The Balaban J connectivity index is 2.11. The number of hydrogen-bond acceptors (Lipinski definition) is 2. The van der Waals surface area contributed by atoms with E-state index in [4.69, 9.17) is 17.0 Å². The average Bonchev–Trinajstić information content (AvgIpc) is 2.90. The van der Waals surface area contributed by atoms with E-state index >= 15 is 0 Å². The molecular formula is C17H16N2OS. The van der Waals surface area contributed by atoms with Crippen LogP contribution in [0.4, 0.5) is 0 Å². The Kier molecular flexibility index (Phi) is 3.62. The zero-order chi connectivity index (χ0) is 14.8. The average molecular weight is 296 g/mol. The van der Waals surface area contributed by atoms with E-state index < -0.39 is 0 Å². The van der Waals surface area contributed by atoms with Crippen LogP contribution in [0.15, 0.2) is 54.7 Å². The molecule has 0 saturated heterocycles. The Labute approximate surface area is 128 Å². The zero-order valence-electron chi connectivity index (χ0n) is 12.0. The number of aryl methyl sites for hydroxylation is 1. The van der Waals surface area contributed by atoms with Gasteiger partial charge in [0.25, 0.3) is 0 Å². The maximum atomic E-state index is 5.42. The number of H-pyrrole nitrogens is 1. The molecule has 2 aromatic carbocycles. The van der Waals surface area contributed by atoms with Gasteiger partial charge in [0.1, 0.15) is 5.75 Å². The number of rotatable bonds is 3. The summed E-state index contributed by atoms with van der Waals surface area (Å²) in [4.78, 5) is 3.12. The maximum absolute atomic E-state index is 5.42. The van der Waals surface area contributed by atoms with Crippen molar-refractivity contribution in [1.82, 2.24) is 9.55 Å². The number of imidazole rings is 1. The highest BCUT2D eigenvalue weighted by Crippen LogP contribution is 2.25. The summed E-state index contributed by atoms with van der Waals surface area (Å²) in [6.45, 7) is 2.07. The topological polar surface area (TPSA) is 29.9 Å². The fourth-order valence-corrected chi connectivity index (χ4v) is 2.56. The Morgan fingerprint density at radius 3 is 2.29 bits per heavy atom. The van der Waals surface area contributed by atoms with Gasteiger partial charge in [-0.25, -0.2) is 0 Å². The lowest BCUT2D eigenvalue weighted by molar-refractivity contribution is 0.415. The second kappa shape index (κ2) is 5.58. The summed E-state index contributed by atoms with van der Waals surface area (Å²) in [6.07, 6.45) is 1.93. The third-order valence-corrected chi connectivity index (χ3v) is 3.75. The highest BCUT2D eigenvalue weighted by atomic mass is 32.1. The monoisotopic (exact) mass is 296 g/mol. The van der Waals surface area contributed by atoms with Gasteiger partial charge in [-0.05, 0) is 55.5 Å². The first-order chi connectivity index (χ1) is 10.2. The molecule has 0 saturated carbocycles. The van der Waals surface area contributed by atoms with Crippen LogP contribution in [0.3, 0.4) is 0 Å². The summed E-state index contributed by atoms with van der Waals surface area (Å²) in [6, 6.07) is 16.3. The van der Waals surface area contributed by atoms with Gasteiger partial charge in [0.05, 0.1) is 12.8 Å². The van der Waals surface area contributed by atoms with Crippen molar-refractivity contribution in [3.05, 3.63) is 65.1 Å². The summed E-state index contributed by atoms with van der Waals surface area (Å²) in [5.74, 6) is 0.842. The number of nitrogens with zero attached hydrogens (tertiary/aromatic N) is 1. The smallest absolute Gasteiger partial charge is 0.182 e. The van der Waals surface area contributed by atoms with Crippen molar-refractivity contribution in [2.24, 2.45) is 0 Å². The molecule has 0 aliphatic heterocycles. The third kappa shape index (κ3) is 2.62. The van der Waals surface area contributed by atoms with Crippen LogP contribution in [-0.4, -0.2) is 16.7 Å². The van der Waals surface area contributed by atoms with E-state index in [2.05, 4.69) is 36.2 Å². The van der Waals surface area contributed by atoms with Gasteiger partial charge in [0, 0.05) is 17.4 Å². The molecule has 0 aliphatic carbocycles. The van der Waals surface area contributed by atoms with Gasteiger partial charge in [-0.1, -0.05) is 17.7 Å². The summed E-state index contributed by atoms with van der Waals surface area (Å²) in [7, 11) is 1.67. The van der Waals surface area contributed by atoms with E-state index in [-0.39, 0.29) is 0 Å². The van der Waals surface area contributed by atoms with E-state index in [0.29, 0.717) is 4.77 Å². The SMILES string of the molecule is COc1ccc(-c2c[nH]c(=S)n2-c2ccc(C)cc2)cc1. The molecule has 0 unspecified atom stereocenters. The Morgan fingerprint density at radius 2 is 1.67 bits per heavy atom. The van der Waals surface area contributed by atoms with Crippen molar-refractivity contribution >= 4 is 12.2 Å². The molecule has 0 atom stereocenters. The maximum Gasteiger partial charge on any atom is 0.182 e. The first-order valence-corrected chi connectivity index (χ1v) is 7.12. The molecule has 0 spiro atoms. The van der Waals surface area contributed by atoms with Gasteiger partial charge in [-0.2, -0.15) is 0 Å². The van der Waals surface area contributed by atoms with Crippen LogP contribution in [-0.2, 0) is 0 Å². The first kappa shape index (κ1) is 13.6. The van der Waals surface area contributed by atoms with Crippen molar-refractivity contribution in [3.63, 3.8) is 0 Å². The molecule has 106 valence electrons. The highest BCUT2D eigenvalue weighted by molar-refractivity contribution is 7.71. The molecule has 4 heteroatoms. The number of ether oxygens (including phenoxy) is 1. The van der Waals surface area contributed by atoms with E-state index in [1.165, 1.54) is 5.56 Å². The minimum Gasteiger partial charge on any atom is -0.497 e. The molecule has 0 amide bonds. The summed E-state index contributed by atoms with van der Waals surface area (Å²) >= 11 is 5.42. The second-order valence-electron chi connectivity index (χ2n) is 4.88. The number of aromatic nitrogens is 2. The number of nitrogens with one attached hydrogen (secondary N) is 1. The number of hydrogen-bond donors (Lipinski definition) is 1. The predicted molar refractivity (Wildman–Crippen MR) is 87.7 cm³/mol. The van der Waals surface area contributed by atoms with Gasteiger partial charge in [0.2, 0.25) is 0 Å². The largest absolute Gasteiger partial charge is 0.497 e. The van der Waals surface area contributed by atoms with Crippen molar-refractivity contribution in [2.75, 3.05) is 7.11 Å². The van der Waals surface area contributed by atoms with E-state index in [1.807, 2.05) is 35.0 Å². The van der Waals surface area contributed by atoms with Gasteiger partial charge in [0.15, 0.2) is 4.77 Å². The molecule has 1 aromatic heterocycles.